The number of aldehydes is 1. The van der Waals surface area contributed by atoms with Crippen LogP contribution in [0.2, 0.25) is 10.0 Å². The highest BCUT2D eigenvalue weighted by Gasteiger charge is 2.44. The van der Waals surface area contributed by atoms with Gasteiger partial charge >= 0.3 is 0 Å². The molecule has 6 atom stereocenters. The van der Waals surface area contributed by atoms with Gasteiger partial charge in [-0.25, -0.2) is 0 Å². The monoisotopic (exact) mass is 770 g/mol. The fourth-order valence-corrected chi connectivity index (χ4v) is 8.10. The maximum atomic E-state index is 14.2. The van der Waals surface area contributed by atoms with Gasteiger partial charge in [0.2, 0.25) is 11.8 Å². The quantitative estimate of drug-likeness (QED) is 0.201. The smallest absolute Gasteiger partial charge is 0.247 e. The standard InChI is InChI=1S/C33H37Cl2IN2O7/c1-44-29-12-20(17-40)11-26(36)32(29)45-28-14-23(33(43)37-6-7-39)13-27(31(28)42)38(16-19-3-5-24(34)25(35)10-19)30(41)15-22-9-18-2-4-21(22)8-18/h3,5,10-12,14,17-18,21-22,27-28,31,39,42H,2,4,6-9,13,15-16H2,1H3,(H,37,43). The van der Waals surface area contributed by atoms with Gasteiger partial charge in [-0.1, -0.05) is 35.7 Å². The van der Waals surface area contributed by atoms with Gasteiger partial charge in [0.15, 0.2) is 11.5 Å². The molecule has 3 aliphatic carbocycles. The van der Waals surface area contributed by atoms with Crippen LogP contribution < -0.4 is 14.8 Å². The zero-order valence-corrected chi connectivity index (χ0v) is 28.6. The van der Waals surface area contributed by atoms with Crippen molar-refractivity contribution in [2.45, 2.75) is 63.3 Å². The number of methoxy groups -OCH3 is 1. The maximum Gasteiger partial charge on any atom is 0.247 e. The second-order valence-electron chi connectivity index (χ2n) is 12.1. The number of amides is 2. The molecule has 2 aromatic rings. The molecule has 0 aromatic heterocycles. The first-order chi connectivity index (χ1) is 21.6. The fourth-order valence-electron chi connectivity index (χ4n) is 7.03. The van der Waals surface area contributed by atoms with E-state index in [2.05, 4.69) is 5.32 Å². The number of rotatable bonds is 12. The van der Waals surface area contributed by atoms with Crippen LogP contribution in [-0.2, 0) is 16.1 Å². The normalized spacial score (nSPS) is 25.4. The minimum Gasteiger partial charge on any atom is -0.493 e. The van der Waals surface area contributed by atoms with Crippen LogP contribution in [0.1, 0.15) is 54.4 Å². The minimum atomic E-state index is -1.22. The van der Waals surface area contributed by atoms with Gasteiger partial charge < -0.3 is 29.9 Å². The van der Waals surface area contributed by atoms with E-state index in [1.165, 1.54) is 19.6 Å². The molecular formula is C33H37Cl2IN2O7. The molecule has 2 bridgehead atoms. The summed E-state index contributed by atoms with van der Waals surface area (Å²) in [5.74, 6) is 1.53. The van der Waals surface area contributed by atoms with E-state index in [4.69, 9.17) is 32.7 Å². The third kappa shape index (κ3) is 7.78. The van der Waals surface area contributed by atoms with Crippen molar-refractivity contribution in [1.82, 2.24) is 10.2 Å². The lowest BCUT2D eigenvalue weighted by molar-refractivity contribution is -0.141. The highest BCUT2D eigenvalue weighted by Crippen LogP contribution is 2.50. The summed E-state index contributed by atoms with van der Waals surface area (Å²) < 4.78 is 12.4. The highest BCUT2D eigenvalue weighted by atomic mass is 127. The molecule has 2 amide bonds. The van der Waals surface area contributed by atoms with Crippen molar-refractivity contribution < 1.29 is 34.1 Å². The van der Waals surface area contributed by atoms with E-state index in [-0.39, 0.29) is 43.7 Å². The molecule has 12 heteroatoms. The van der Waals surface area contributed by atoms with Gasteiger partial charge in [-0.3, -0.25) is 14.4 Å². The third-order valence-corrected chi connectivity index (χ3v) is 10.8. The van der Waals surface area contributed by atoms with Crippen molar-refractivity contribution >= 4 is 63.9 Å². The number of halogens is 3. The van der Waals surface area contributed by atoms with Gasteiger partial charge in [-0.05, 0) is 95.5 Å². The molecule has 242 valence electrons. The number of hydrogen-bond donors (Lipinski definition) is 3. The number of nitrogens with one attached hydrogen (secondary N) is 1. The summed E-state index contributed by atoms with van der Waals surface area (Å²) in [6.45, 7) is -0.0513. The Morgan fingerprint density at radius 2 is 1.96 bits per heavy atom. The molecule has 0 saturated heterocycles. The zero-order valence-electron chi connectivity index (χ0n) is 24.9. The molecule has 0 aliphatic heterocycles. The summed E-state index contributed by atoms with van der Waals surface area (Å²) in [5.41, 5.74) is 1.44. The summed E-state index contributed by atoms with van der Waals surface area (Å²) in [7, 11) is 1.45. The summed E-state index contributed by atoms with van der Waals surface area (Å²) in [6, 6.07) is 7.51. The number of ether oxygens (including phenoxy) is 2. The number of aliphatic hydroxyl groups is 2. The molecule has 9 nitrogen and oxygen atoms in total. The lowest BCUT2D eigenvalue weighted by Crippen LogP contribution is -2.55. The van der Waals surface area contributed by atoms with Gasteiger partial charge in [0.25, 0.3) is 0 Å². The van der Waals surface area contributed by atoms with E-state index in [0.717, 1.165) is 24.8 Å². The second kappa shape index (κ2) is 15.0. The summed E-state index contributed by atoms with van der Waals surface area (Å²) in [4.78, 5) is 40.6. The number of benzene rings is 2. The first-order valence-corrected chi connectivity index (χ1v) is 17.0. The lowest BCUT2D eigenvalue weighted by atomic mass is 9.84. The summed E-state index contributed by atoms with van der Waals surface area (Å²) >= 11 is 14.5. The molecule has 0 heterocycles. The Balaban J connectivity index is 1.50. The van der Waals surface area contributed by atoms with Gasteiger partial charge in [0, 0.05) is 37.1 Å². The Bertz CT molecular complexity index is 1470. The van der Waals surface area contributed by atoms with E-state index in [9.17, 15) is 24.6 Å². The number of carbonyl (C=O) groups is 3. The van der Waals surface area contributed by atoms with Crippen molar-refractivity contribution in [2.75, 3.05) is 20.3 Å². The van der Waals surface area contributed by atoms with Crippen molar-refractivity contribution in [3.8, 4) is 11.5 Å². The fraction of sp³-hybridized carbons (Fsp3) is 0.485. The molecule has 45 heavy (non-hydrogen) atoms. The molecule has 2 fully saturated rings. The van der Waals surface area contributed by atoms with Crippen LogP contribution in [-0.4, -0.2) is 71.7 Å². The van der Waals surface area contributed by atoms with Gasteiger partial charge in [0.05, 0.1) is 33.4 Å². The molecule has 2 saturated carbocycles. The molecular weight excluding hydrogens is 734 g/mol. The van der Waals surface area contributed by atoms with Crippen molar-refractivity contribution in [2.24, 2.45) is 17.8 Å². The number of nitrogens with zero attached hydrogens (tertiary/aromatic N) is 1. The summed E-state index contributed by atoms with van der Waals surface area (Å²) in [6.07, 6.45) is 4.95. The second-order valence-corrected chi connectivity index (χ2v) is 14.1. The van der Waals surface area contributed by atoms with Crippen LogP contribution in [0.5, 0.6) is 11.5 Å². The van der Waals surface area contributed by atoms with E-state index in [1.807, 2.05) is 22.6 Å². The Morgan fingerprint density at radius 1 is 1.16 bits per heavy atom. The van der Waals surface area contributed by atoms with Crippen LogP contribution in [0.3, 0.4) is 0 Å². The van der Waals surface area contributed by atoms with Crippen LogP contribution in [0.4, 0.5) is 0 Å². The first-order valence-electron chi connectivity index (χ1n) is 15.1. The van der Waals surface area contributed by atoms with E-state index in [1.54, 1.807) is 35.2 Å². The van der Waals surface area contributed by atoms with Crippen molar-refractivity contribution in [3.05, 3.63) is 66.7 Å². The van der Waals surface area contributed by atoms with Gasteiger partial charge in [-0.15, -0.1) is 0 Å². The van der Waals surface area contributed by atoms with Crippen LogP contribution in [0.15, 0.2) is 42.0 Å². The Hall–Kier alpha value is -2.38. The van der Waals surface area contributed by atoms with Crippen LogP contribution in [0.25, 0.3) is 0 Å². The van der Waals surface area contributed by atoms with Crippen molar-refractivity contribution in [1.29, 1.82) is 0 Å². The van der Waals surface area contributed by atoms with Crippen molar-refractivity contribution in [3.63, 3.8) is 0 Å². The largest absolute Gasteiger partial charge is 0.493 e. The van der Waals surface area contributed by atoms with Gasteiger partial charge in [-0.2, -0.15) is 0 Å². The SMILES string of the molecule is COc1cc(C=O)cc(I)c1OC1C=C(C(=O)NCCO)CC(N(Cc2ccc(Cl)c(Cl)c2)C(=O)CC2CC3CCC2C3)C1O. The molecule has 0 spiro atoms. The number of carbonyl (C=O) groups excluding carboxylic acids is 3. The minimum absolute atomic E-state index is 0.0456. The zero-order chi connectivity index (χ0) is 32.2. The predicted octanol–water partition coefficient (Wildman–Crippen LogP) is 5.19. The predicted molar refractivity (Wildman–Crippen MR) is 179 cm³/mol. The van der Waals surface area contributed by atoms with E-state index >= 15 is 0 Å². The number of hydrogen-bond acceptors (Lipinski definition) is 7. The topological polar surface area (TPSA) is 125 Å². The third-order valence-electron chi connectivity index (χ3n) is 9.24. The van der Waals surface area contributed by atoms with Crippen LogP contribution >= 0.6 is 45.8 Å². The Morgan fingerprint density at radius 3 is 2.60 bits per heavy atom. The average Bonchev–Trinajstić information content (AvgIpc) is 3.65. The lowest BCUT2D eigenvalue weighted by Gasteiger charge is -2.41. The molecule has 0 radical (unpaired) electrons. The highest BCUT2D eigenvalue weighted by molar-refractivity contribution is 14.1. The first kappa shape index (κ1) is 34.0. The number of aliphatic hydroxyl groups excluding tert-OH is 2. The molecule has 6 unspecified atom stereocenters. The summed E-state index contributed by atoms with van der Waals surface area (Å²) in [5, 5.41) is 24.6. The van der Waals surface area contributed by atoms with Crippen LogP contribution in [0, 0.1) is 21.3 Å². The van der Waals surface area contributed by atoms with E-state index in [0.29, 0.717) is 55.0 Å². The maximum absolute atomic E-state index is 14.2. The number of fused-ring (bicyclic) bond motifs is 2. The molecule has 3 N–H and O–H groups in total. The Labute approximate surface area is 286 Å². The Kier molecular flexibility index (Phi) is 11.3. The molecule has 3 aliphatic rings. The average molecular weight is 771 g/mol. The van der Waals surface area contributed by atoms with Gasteiger partial charge in [0.1, 0.15) is 18.5 Å². The van der Waals surface area contributed by atoms with E-state index < -0.39 is 24.2 Å². The molecule has 5 rings (SSSR count). The molecule has 2 aromatic carbocycles.